The monoisotopic (exact) mass is 242 g/mol. The summed E-state index contributed by atoms with van der Waals surface area (Å²) in [6, 6.07) is 4.55. The molecule has 0 aliphatic rings. The molecule has 1 rings (SSSR count). The lowest BCUT2D eigenvalue weighted by atomic mass is 10.2. The van der Waals surface area contributed by atoms with Gasteiger partial charge in [0.2, 0.25) is 5.91 Å². The summed E-state index contributed by atoms with van der Waals surface area (Å²) in [6.45, 7) is 0.596. The highest BCUT2D eigenvalue weighted by molar-refractivity contribution is 6.32. The smallest absolute Gasteiger partial charge is 0.224 e. The first-order valence-corrected chi connectivity index (χ1v) is 5.49. The van der Waals surface area contributed by atoms with Gasteiger partial charge in [0.1, 0.15) is 5.75 Å². The number of unbranched alkanes of at least 4 members (excludes halogenated alkanes) is 1. The summed E-state index contributed by atoms with van der Waals surface area (Å²) in [7, 11) is 0. The van der Waals surface area contributed by atoms with Gasteiger partial charge in [-0.3, -0.25) is 4.79 Å². The maximum Gasteiger partial charge on any atom is 0.224 e. The molecular formula is C11H15ClN2O2. The Morgan fingerprint density at radius 1 is 1.44 bits per heavy atom. The number of rotatable bonds is 5. The van der Waals surface area contributed by atoms with E-state index in [2.05, 4.69) is 5.32 Å². The van der Waals surface area contributed by atoms with Gasteiger partial charge in [0.25, 0.3) is 0 Å². The molecule has 4 N–H and O–H groups in total. The molecule has 0 aliphatic carbocycles. The molecule has 0 aliphatic heterocycles. The fourth-order valence-corrected chi connectivity index (χ4v) is 1.42. The van der Waals surface area contributed by atoms with Crippen LogP contribution >= 0.6 is 11.6 Å². The van der Waals surface area contributed by atoms with Crippen LogP contribution in [0.1, 0.15) is 19.3 Å². The summed E-state index contributed by atoms with van der Waals surface area (Å²) in [6.07, 6.45) is 2.05. The highest BCUT2D eigenvalue weighted by atomic mass is 35.5. The third-order valence-corrected chi connectivity index (χ3v) is 2.39. The van der Waals surface area contributed by atoms with Crippen molar-refractivity contribution in [3.63, 3.8) is 0 Å². The minimum absolute atomic E-state index is 0.00259. The summed E-state index contributed by atoms with van der Waals surface area (Å²) in [4.78, 5) is 11.4. The van der Waals surface area contributed by atoms with E-state index in [1.807, 2.05) is 0 Å². The average molecular weight is 243 g/mol. The molecule has 1 amide bonds. The maximum absolute atomic E-state index is 11.4. The molecule has 0 saturated carbocycles. The number of anilines is 1. The molecule has 0 saturated heterocycles. The first-order valence-electron chi connectivity index (χ1n) is 5.12. The highest BCUT2D eigenvalue weighted by Crippen LogP contribution is 2.26. The van der Waals surface area contributed by atoms with Crippen molar-refractivity contribution in [2.24, 2.45) is 5.73 Å². The Kier molecular flexibility index (Phi) is 5.08. The lowest BCUT2D eigenvalue weighted by Crippen LogP contribution is -2.11. The number of carbonyl (C=O) groups is 1. The molecule has 0 spiro atoms. The van der Waals surface area contributed by atoms with Crippen LogP contribution in [0.25, 0.3) is 0 Å². The summed E-state index contributed by atoms with van der Waals surface area (Å²) in [5.74, 6) is -0.0713. The maximum atomic E-state index is 11.4. The van der Waals surface area contributed by atoms with Crippen LogP contribution in [-0.4, -0.2) is 17.6 Å². The first-order chi connectivity index (χ1) is 7.63. The van der Waals surface area contributed by atoms with Crippen molar-refractivity contribution >= 4 is 23.2 Å². The minimum Gasteiger partial charge on any atom is -0.506 e. The van der Waals surface area contributed by atoms with Crippen LogP contribution in [-0.2, 0) is 4.79 Å². The Bertz CT molecular complexity index is 369. The largest absolute Gasteiger partial charge is 0.506 e. The van der Waals surface area contributed by atoms with E-state index in [9.17, 15) is 9.90 Å². The predicted molar refractivity (Wildman–Crippen MR) is 64.7 cm³/mol. The van der Waals surface area contributed by atoms with Crippen LogP contribution in [0.2, 0.25) is 5.02 Å². The second kappa shape index (κ2) is 6.35. The fourth-order valence-electron chi connectivity index (χ4n) is 1.24. The number of phenolic OH excluding ortho intramolecular Hbond substituents is 1. The van der Waals surface area contributed by atoms with E-state index in [1.165, 1.54) is 12.1 Å². The third-order valence-electron chi connectivity index (χ3n) is 2.09. The van der Waals surface area contributed by atoms with Crippen LogP contribution < -0.4 is 11.1 Å². The van der Waals surface area contributed by atoms with Crippen LogP contribution in [0.5, 0.6) is 5.75 Å². The Balaban J connectivity index is 2.46. The second-order valence-corrected chi connectivity index (χ2v) is 3.87. The number of benzene rings is 1. The van der Waals surface area contributed by atoms with Crippen LogP contribution in [0.4, 0.5) is 5.69 Å². The summed E-state index contributed by atoms with van der Waals surface area (Å²) in [5, 5.41) is 12.1. The lowest BCUT2D eigenvalue weighted by molar-refractivity contribution is -0.116. The fraction of sp³-hybridized carbons (Fsp3) is 0.364. The first kappa shape index (κ1) is 12.8. The normalized spacial score (nSPS) is 10.1. The molecule has 0 unspecified atom stereocenters. The van der Waals surface area contributed by atoms with Gasteiger partial charge in [-0.1, -0.05) is 11.6 Å². The van der Waals surface area contributed by atoms with Crippen LogP contribution in [0.15, 0.2) is 18.2 Å². The zero-order valence-electron chi connectivity index (χ0n) is 8.87. The topological polar surface area (TPSA) is 75.4 Å². The van der Waals surface area contributed by atoms with Crippen molar-refractivity contribution in [1.29, 1.82) is 0 Å². The van der Waals surface area contributed by atoms with Crippen molar-refractivity contribution < 1.29 is 9.90 Å². The van der Waals surface area contributed by atoms with Crippen LogP contribution in [0.3, 0.4) is 0 Å². The van der Waals surface area contributed by atoms with Gasteiger partial charge >= 0.3 is 0 Å². The predicted octanol–water partition coefficient (Wildman–Crippen LogP) is 2.11. The molecular weight excluding hydrogens is 228 g/mol. The van der Waals surface area contributed by atoms with E-state index in [-0.39, 0.29) is 16.7 Å². The number of nitrogens with one attached hydrogen (secondary N) is 1. The SMILES string of the molecule is NCCCCC(=O)Nc1ccc(O)c(Cl)c1. The number of nitrogens with two attached hydrogens (primary N) is 1. The molecule has 16 heavy (non-hydrogen) atoms. The summed E-state index contributed by atoms with van der Waals surface area (Å²) >= 11 is 5.71. The molecule has 0 aromatic heterocycles. The van der Waals surface area contributed by atoms with Crippen LogP contribution in [0, 0.1) is 0 Å². The molecule has 88 valence electrons. The zero-order valence-corrected chi connectivity index (χ0v) is 9.63. The number of phenols is 1. The molecule has 4 nitrogen and oxygen atoms in total. The molecule has 0 heterocycles. The molecule has 0 radical (unpaired) electrons. The average Bonchev–Trinajstić information content (AvgIpc) is 2.24. The van der Waals surface area contributed by atoms with Gasteiger partial charge in [-0.2, -0.15) is 0 Å². The molecule has 0 fully saturated rings. The Morgan fingerprint density at radius 2 is 2.19 bits per heavy atom. The van der Waals surface area contributed by atoms with E-state index in [1.54, 1.807) is 6.07 Å². The van der Waals surface area contributed by atoms with Crippen molar-refractivity contribution in [2.45, 2.75) is 19.3 Å². The number of carbonyl (C=O) groups excluding carboxylic acids is 1. The van der Waals surface area contributed by atoms with E-state index in [0.29, 0.717) is 18.7 Å². The Labute approximate surface area is 99.4 Å². The molecule has 0 atom stereocenters. The van der Waals surface area contributed by atoms with E-state index in [4.69, 9.17) is 17.3 Å². The zero-order chi connectivity index (χ0) is 12.0. The molecule has 1 aromatic rings. The molecule has 5 heteroatoms. The number of hydrogen-bond donors (Lipinski definition) is 3. The lowest BCUT2D eigenvalue weighted by Gasteiger charge is -2.05. The van der Waals surface area contributed by atoms with Gasteiger partial charge in [0.05, 0.1) is 5.02 Å². The van der Waals surface area contributed by atoms with Gasteiger partial charge in [-0.15, -0.1) is 0 Å². The standard InChI is InChI=1S/C11H15ClN2O2/c12-9-7-8(4-5-10(9)15)14-11(16)3-1-2-6-13/h4-5,7,15H,1-3,6,13H2,(H,14,16). The number of amides is 1. The summed E-state index contributed by atoms with van der Waals surface area (Å²) in [5.41, 5.74) is 5.91. The number of hydrogen-bond acceptors (Lipinski definition) is 3. The van der Waals surface area contributed by atoms with E-state index >= 15 is 0 Å². The van der Waals surface area contributed by atoms with Crippen molar-refractivity contribution in [2.75, 3.05) is 11.9 Å². The molecule has 0 bridgehead atoms. The van der Waals surface area contributed by atoms with E-state index < -0.39 is 0 Å². The van der Waals surface area contributed by atoms with Gasteiger partial charge in [-0.05, 0) is 37.6 Å². The Morgan fingerprint density at radius 3 is 2.81 bits per heavy atom. The Hall–Kier alpha value is -1.26. The van der Waals surface area contributed by atoms with Crippen molar-refractivity contribution in [3.05, 3.63) is 23.2 Å². The number of halogens is 1. The van der Waals surface area contributed by atoms with E-state index in [0.717, 1.165) is 12.8 Å². The number of aromatic hydroxyl groups is 1. The quantitative estimate of drug-likeness (QED) is 0.547. The van der Waals surface area contributed by atoms with Gasteiger partial charge in [-0.25, -0.2) is 0 Å². The minimum atomic E-state index is -0.0739. The van der Waals surface area contributed by atoms with Crippen molar-refractivity contribution in [1.82, 2.24) is 0 Å². The molecule has 1 aromatic carbocycles. The summed E-state index contributed by atoms with van der Waals surface area (Å²) < 4.78 is 0. The second-order valence-electron chi connectivity index (χ2n) is 3.46. The van der Waals surface area contributed by atoms with Gasteiger partial charge < -0.3 is 16.2 Å². The van der Waals surface area contributed by atoms with Gasteiger partial charge in [0, 0.05) is 12.1 Å². The third kappa shape index (κ3) is 4.08. The van der Waals surface area contributed by atoms with Gasteiger partial charge in [0.15, 0.2) is 0 Å². The highest BCUT2D eigenvalue weighted by Gasteiger charge is 2.04. The van der Waals surface area contributed by atoms with Crippen molar-refractivity contribution in [3.8, 4) is 5.75 Å².